The fourth-order valence-corrected chi connectivity index (χ4v) is 2.44. The molecule has 0 bridgehead atoms. The zero-order valence-electron chi connectivity index (χ0n) is 16.4. The second-order valence-corrected chi connectivity index (χ2v) is 6.46. The number of carbonyl (C=O) groups excluding carboxylic acids is 1. The topological polar surface area (TPSA) is 59.6 Å². The molecule has 0 fully saturated rings. The predicted octanol–water partition coefficient (Wildman–Crippen LogP) is 4.51. The molecule has 0 spiro atoms. The summed E-state index contributed by atoms with van der Waals surface area (Å²) in [5.41, 5.74) is 2.38. The summed E-state index contributed by atoms with van der Waals surface area (Å²) >= 11 is 0. The standard InChI is InChI=1S/C21H28N2O3.ClH/c1-5-22-13-17-8-6-7-9-18(17)23-21(24)16-10-11-19(20(12-16)25-4)26-14-15(2)3;/h6-12,15,22H,5,13-14H2,1-4H3,(H,23,24);1H. The van der Waals surface area contributed by atoms with E-state index in [1.165, 1.54) is 0 Å². The number of benzene rings is 2. The van der Waals surface area contributed by atoms with Crippen molar-refractivity contribution >= 4 is 24.0 Å². The van der Waals surface area contributed by atoms with Crippen molar-refractivity contribution in [1.29, 1.82) is 0 Å². The molecule has 0 saturated carbocycles. The van der Waals surface area contributed by atoms with E-state index < -0.39 is 0 Å². The number of halogens is 1. The molecule has 0 aliphatic rings. The van der Waals surface area contributed by atoms with Gasteiger partial charge in [-0.15, -0.1) is 12.4 Å². The van der Waals surface area contributed by atoms with Crippen LogP contribution in [0, 0.1) is 5.92 Å². The number of methoxy groups -OCH3 is 1. The van der Waals surface area contributed by atoms with Gasteiger partial charge in [-0.1, -0.05) is 39.0 Å². The number of amides is 1. The summed E-state index contributed by atoms with van der Waals surface area (Å²) in [6.07, 6.45) is 0. The molecule has 6 heteroatoms. The Kier molecular flexibility index (Phi) is 9.68. The number of nitrogens with one attached hydrogen (secondary N) is 2. The first kappa shape index (κ1) is 22.8. The highest BCUT2D eigenvalue weighted by Crippen LogP contribution is 2.29. The van der Waals surface area contributed by atoms with Gasteiger partial charge >= 0.3 is 0 Å². The molecule has 0 heterocycles. The average Bonchev–Trinajstić information content (AvgIpc) is 2.65. The third-order valence-electron chi connectivity index (χ3n) is 3.83. The lowest BCUT2D eigenvalue weighted by Gasteiger charge is -2.14. The summed E-state index contributed by atoms with van der Waals surface area (Å²) in [6.45, 7) is 8.39. The molecule has 2 aromatic carbocycles. The van der Waals surface area contributed by atoms with E-state index in [-0.39, 0.29) is 18.3 Å². The predicted molar refractivity (Wildman–Crippen MR) is 112 cm³/mol. The average molecular weight is 393 g/mol. The number of para-hydroxylation sites is 1. The second kappa shape index (κ2) is 11.5. The molecule has 148 valence electrons. The van der Waals surface area contributed by atoms with Gasteiger partial charge in [0.25, 0.3) is 5.91 Å². The van der Waals surface area contributed by atoms with Crippen LogP contribution in [0.4, 0.5) is 5.69 Å². The minimum atomic E-state index is -0.178. The minimum absolute atomic E-state index is 0. The minimum Gasteiger partial charge on any atom is -0.493 e. The molecule has 5 nitrogen and oxygen atoms in total. The normalized spacial score (nSPS) is 10.3. The van der Waals surface area contributed by atoms with E-state index in [1.54, 1.807) is 25.3 Å². The highest BCUT2D eigenvalue weighted by Gasteiger charge is 2.13. The number of hydrogen-bond donors (Lipinski definition) is 2. The summed E-state index contributed by atoms with van der Waals surface area (Å²) in [5, 5.41) is 6.26. The first-order valence-corrected chi connectivity index (χ1v) is 8.96. The second-order valence-electron chi connectivity index (χ2n) is 6.46. The van der Waals surface area contributed by atoms with E-state index in [9.17, 15) is 4.79 Å². The largest absolute Gasteiger partial charge is 0.493 e. The van der Waals surface area contributed by atoms with Gasteiger partial charge in [0.1, 0.15) is 0 Å². The number of rotatable bonds is 9. The Morgan fingerprint density at radius 1 is 1.11 bits per heavy atom. The molecule has 0 atom stereocenters. The lowest BCUT2D eigenvalue weighted by Crippen LogP contribution is -2.17. The molecule has 0 saturated heterocycles. The number of carbonyl (C=O) groups is 1. The van der Waals surface area contributed by atoms with Gasteiger partial charge in [-0.05, 0) is 42.3 Å². The number of anilines is 1. The zero-order valence-corrected chi connectivity index (χ0v) is 17.2. The summed E-state index contributed by atoms with van der Waals surface area (Å²) in [5.74, 6) is 1.43. The number of ether oxygens (including phenoxy) is 2. The molecular formula is C21H29ClN2O3. The summed E-state index contributed by atoms with van der Waals surface area (Å²) in [6, 6.07) is 13.0. The van der Waals surface area contributed by atoms with Gasteiger partial charge < -0.3 is 20.1 Å². The first-order valence-electron chi connectivity index (χ1n) is 8.96. The van der Waals surface area contributed by atoms with Crippen molar-refractivity contribution in [2.24, 2.45) is 5.92 Å². The Hall–Kier alpha value is -2.24. The van der Waals surface area contributed by atoms with Gasteiger partial charge in [-0.25, -0.2) is 0 Å². The van der Waals surface area contributed by atoms with Gasteiger partial charge in [-0.2, -0.15) is 0 Å². The molecule has 0 aliphatic heterocycles. The Morgan fingerprint density at radius 2 is 1.85 bits per heavy atom. The first-order chi connectivity index (χ1) is 12.5. The molecule has 0 radical (unpaired) electrons. The molecular weight excluding hydrogens is 364 g/mol. The van der Waals surface area contributed by atoms with Crippen LogP contribution in [0.15, 0.2) is 42.5 Å². The van der Waals surface area contributed by atoms with Crippen molar-refractivity contribution in [3.8, 4) is 11.5 Å². The Morgan fingerprint density at radius 3 is 2.52 bits per heavy atom. The van der Waals surface area contributed by atoms with Gasteiger partial charge in [-0.3, -0.25) is 4.79 Å². The monoisotopic (exact) mass is 392 g/mol. The Labute approximate surface area is 167 Å². The Bertz CT molecular complexity index is 735. The van der Waals surface area contributed by atoms with Crippen LogP contribution in [-0.4, -0.2) is 26.2 Å². The molecule has 0 aromatic heterocycles. The Balaban J connectivity index is 0.00000364. The molecule has 0 aliphatic carbocycles. The summed E-state index contributed by atoms with van der Waals surface area (Å²) in [7, 11) is 1.57. The number of hydrogen-bond acceptors (Lipinski definition) is 4. The van der Waals surface area contributed by atoms with Crippen LogP contribution in [0.3, 0.4) is 0 Å². The highest BCUT2D eigenvalue weighted by molar-refractivity contribution is 6.05. The van der Waals surface area contributed by atoms with Crippen molar-refractivity contribution in [3.63, 3.8) is 0 Å². The maximum atomic E-state index is 12.7. The fraction of sp³-hybridized carbons (Fsp3) is 0.381. The molecule has 2 rings (SSSR count). The van der Waals surface area contributed by atoms with Gasteiger partial charge in [0.2, 0.25) is 0 Å². The summed E-state index contributed by atoms with van der Waals surface area (Å²) < 4.78 is 11.1. The van der Waals surface area contributed by atoms with Gasteiger partial charge in [0, 0.05) is 17.8 Å². The van der Waals surface area contributed by atoms with Crippen LogP contribution in [-0.2, 0) is 6.54 Å². The van der Waals surface area contributed by atoms with E-state index in [2.05, 4.69) is 31.4 Å². The SMILES string of the molecule is CCNCc1ccccc1NC(=O)c1ccc(OCC(C)C)c(OC)c1.Cl. The maximum Gasteiger partial charge on any atom is 0.255 e. The highest BCUT2D eigenvalue weighted by atomic mass is 35.5. The van der Waals surface area contributed by atoms with E-state index in [0.717, 1.165) is 17.8 Å². The quantitative estimate of drug-likeness (QED) is 0.659. The molecule has 27 heavy (non-hydrogen) atoms. The van der Waals surface area contributed by atoms with Gasteiger partial charge in [0.15, 0.2) is 11.5 Å². The molecule has 0 unspecified atom stereocenters. The van der Waals surface area contributed by atoms with Crippen molar-refractivity contribution in [3.05, 3.63) is 53.6 Å². The third-order valence-corrected chi connectivity index (χ3v) is 3.83. The van der Waals surface area contributed by atoms with Crippen LogP contribution in [0.1, 0.15) is 36.7 Å². The molecule has 2 N–H and O–H groups in total. The van der Waals surface area contributed by atoms with E-state index in [0.29, 0.717) is 36.1 Å². The lowest BCUT2D eigenvalue weighted by atomic mass is 10.1. The zero-order chi connectivity index (χ0) is 18.9. The van der Waals surface area contributed by atoms with Crippen molar-refractivity contribution < 1.29 is 14.3 Å². The smallest absolute Gasteiger partial charge is 0.255 e. The van der Waals surface area contributed by atoms with E-state index >= 15 is 0 Å². The van der Waals surface area contributed by atoms with E-state index in [1.807, 2.05) is 24.3 Å². The lowest BCUT2D eigenvalue weighted by molar-refractivity contribution is 0.102. The van der Waals surface area contributed by atoms with Crippen LogP contribution in [0.25, 0.3) is 0 Å². The molecule has 1 amide bonds. The summed E-state index contributed by atoms with van der Waals surface area (Å²) in [4.78, 5) is 12.7. The fourth-order valence-electron chi connectivity index (χ4n) is 2.44. The molecule has 2 aromatic rings. The van der Waals surface area contributed by atoms with Crippen molar-refractivity contribution in [1.82, 2.24) is 5.32 Å². The van der Waals surface area contributed by atoms with Crippen molar-refractivity contribution in [2.75, 3.05) is 25.6 Å². The van der Waals surface area contributed by atoms with Crippen LogP contribution in [0.5, 0.6) is 11.5 Å². The third kappa shape index (κ3) is 6.77. The van der Waals surface area contributed by atoms with Gasteiger partial charge in [0.05, 0.1) is 13.7 Å². The maximum absolute atomic E-state index is 12.7. The van der Waals surface area contributed by atoms with Crippen molar-refractivity contribution in [2.45, 2.75) is 27.3 Å². The van der Waals surface area contributed by atoms with Crippen LogP contribution < -0.4 is 20.1 Å². The van der Waals surface area contributed by atoms with Crippen LogP contribution >= 0.6 is 12.4 Å². The van der Waals surface area contributed by atoms with Crippen LogP contribution in [0.2, 0.25) is 0 Å². The van der Waals surface area contributed by atoms with E-state index in [4.69, 9.17) is 9.47 Å².